The van der Waals surface area contributed by atoms with Crippen LogP contribution in [-0.2, 0) is 4.79 Å². The van der Waals surface area contributed by atoms with E-state index in [1.807, 2.05) is 0 Å². The topological polar surface area (TPSA) is 43.1 Å². The summed E-state index contributed by atoms with van der Waals surface area (Å²) in [6.45, 7) is 3.98. The van der Waals surface area contributed by atoms with Crippen molar-refractivity contribution in [2.45, 2.75) is 25.7 Å². The number of carbonyl (C=O) groups is 1. The zero-order valence-corrected chi connectivity index (χ0v) is 6.81. The monoisotopic (exact) mass is 153 g/mol. The number of hydrogen-bond donors (Lipinski definition) is 1. The van der Waals surface area contributed by atoms with Crippen molar-refractivity contribution in [3.63, 3.8) is 0 Å². The van der Waals surface area contributed by atoms with Crippen molar-refractivity contribution in [1.82, 2.24) is 0 Å². The SMILES string of the molecule is C=CC(=O)C1(CN)CCCC1. The predicted octanol–water partition coefficient (Wildman–Crippen LogP) is 1.26. The van der Waals surface area contributed by atoms with Crippen LogP contribution in [0.2, 0.25) is 0 Å². The smallest absolute Gasteiger partial charge is 0.162 e. The molecule has 0 bridgehead atoms. The van der Waals surface area contributed by atoms with Crippen molar-refractivity contribution in [2.24, 2.45) is 11.1 Å². The molecule has 1 aliphatic rings. The van der Waals surface area contributed by atoms with Crippen LogP contribution in [0.25, 0.3) is 0 Å². The van der Waals surface area contributed by atoms with Crippen LogP contribution >= 0.6 is 0 Å². The summed E-state index contributed by atoms with van der Waals surface area (Å²) in [5.74, 6) is 0.137. The van der Waals surface area contributed by atoms with Gasteiger partial charge in [0.15, 0.2) is 5.78 Å². The van der Waals surface area contributed by atoms with E-state index in [0.29, 0.717) is 6.54 Å². The molecular formula is C9H15NO. The van der Waals surface area contributed by atoms with Gasteiger partial charge in [-0.1, -0.05) is 19.4 Å². The van der Waals surface area contributed by atoms with E-state index in [0.717, 1.165) is 25.7 Å². The second-order valence-corrected chi connectivity index (χ2v) is 3.26. The van der Waals surface area contributed by atoms with Crippen molar-refractivity contribution in [2.75, 3.05) is 6.54 Å². The standard InChI is InChI=1S/C9H15NO/c1-2-8(11)9(7-10)5-3-4-6-9/h2H,1,3-7,10H2. The lowest BCUT2D eigenvalue weighted by molar-refractivity contribution is -0.123. The van der Waals surface area contributed by atoms with Gasteiger partial charge in [-0.3, -0.25) is 4.79 Å². The molecular weight excluding hydrogens is 138 g/mol. The first kappa shape index (κ1) is 8.47. The fraction of sp³-hybridized carbons (Fsp3) is 0.667. The molecule has 2 nitrogen and oxygen atoms in total. The number of ketones is 1. The van der Waals surface area contributed by atoms with Crippen LogP contribution in [0.5, 0.6) is 0 Å². The third-order valence-corrected chi connectivity index (χ3v) is 2.66. The minimum absolute atomic E-state index is 0.137. The molecule has 0 aromatic rings. The van der Waals surface area contributed by atoms with E-state index in [9.17, 15) is 4.79 Å². The first-order valence-corrected chi connectivity index (χ1v) is 4.12. The van der Waals surface area contributed by atoms with Gasteiger partial charge >= 0.3 is 0 Å². The van der Waals surface area contributed by atoms with Gasteiger partial charge in [-0.2, -0.15) is 0 Å². The molecule has 0 unspecified atom stereocenters. The van der Waals surface area contributed by atoms with Crippen LogP contribution in [0.1, 0.15) is 25.7 Å². The average molecular weight is 153 g/mol. The molecule has 0 saturated heterocycles. The molecule has 0 heterocycles. The van der Waals surface area contributed by atoms with Gasteiger partial charge in [0.2, 0.25) is 0 Å². The maximum absolute atomic E-state index is 11.4. The van der Waals surface area contributed by atoms with E-state index < -0.39 is 0 Å². The Bertz CT molecular complexity index is 168. The van der Waals surface area contributed by atoms with Crippen molar-refractivity contribution < 1.29 is 4.79 Å². The molecule has 0 spiro atoms. The van der Waals surface area contributed by atoms with Crippen LogP contribution in [0.15, 0.2) is 12.7 Å². The fourth-order valence-corrected chi connectivity index (χ4v) is 1.82. The lowest BCUT2D eigenvalue weighted by atomic mass is 9.82. The second-order valence-electron chi connectivity index (χ2n) is 3.26. The third kappa shape index (κ3) is 1.36. The Labute approximate surface area is 67.5 Å². The summed E-state index contributed by atoms with van der Waals surface area (Å²) < 4.78 is 0. The highest BCUT2D eigenvalue weighted by Crippen LogP contribution is 2.38. The first-order chi connectivity index (χ1) is 5.25. The Hall–Kier alpha value is -0.630. The number of carbonyl (C=O) groups excluding carboxylic acids is 1. The molecule has 0 amide bonds. The molecule has 11 heavy (non-hydrogen) atoms. The van der Waals surface area contributed by atoms with Crippen molar-refractivity contribution in [1.29, 1.82) is 0 Å². The van der Waals surface area contributed by atoms with Crippen LogP contribution in [0.4, 0.5) is 0 Å². The summed E-state index contributed by atoms with van der Waals surface area (Å²) in [6, 6.07) is 0. The summed E-state index contributed by atoms with van der Waals surface area (Å²) >= 11 is 0. The number of allylic oxidation sites excluding steroid dienone is 1. The highest BCUT2D eigenvalue weighted by atomic mass is 16.1. The molecule has 0 atom stereocenters. The summed E-state index contributed by atoms with van der Waals surface area (Å²) in [5.41, 5.74) is 5.34. The molecule has 0 aromatic heterocycles. The molecule has 1 rings (SSSR count). The maximum atomic E-state index is 11.4. The summed E-state index contributed by atoms with van der Waals surface area (Å²) in [6.07, 6.45) is 5.59. The van der Waals surface area contributed by atoms with Crippen LogP contribution in [0, 0.1) is 5.41 Å². The van der Waals surface area contributed by atoms with Crippen molar-refractivity contribution in [3.8, 4) is 0 Å². The van der Waals surface area contributed by atoms with Crippen molar-refractivity contribution in [3.05, 3.63) is 12.7 Å². The minimum atomic E-state index is -0.234. The van der Waals surface area contributed by atoms with Gasteiger partial charge in [-0.05, 0) is 18.9 Å². The summed E-state index contributed by atoms with van der Waals surface area (Å²) in [4.78, 5) is 11.4. The van der Waals surface area contributed by atoms with E-state index in [1.54, 1.807) is 0 Å². The van der Waals surface area contributed by atoms with E-state index >= 15 is 0 Å². The number of rotatable bonds is 3. The van der Waals surface area contributed by atoms with Crippen LogP contribution in [-0.4, -0.2) is 12.3 Å². The molecule has 2 heteroatoms. The zero-order chi connectivity index (χ0) is 8.32. The van der Waals surface area contributed by atoms with Crippen LogP contribution in [0.3, 0.4) is 0 Å². The Kier molecular flexibility index (Phi) is 2.45. The normalized spacial score (nSPS) is 21.5. The number of nitrogens with two attached hydrogens (primary N) is 1. The van der Waals surface area contributed by atoms with E-state index in [-0.39, 0.29) is 11.2 Å². The molecule has 0 radical (unpaired) electrons. The largest absolute Gasteiger partial charge is 0.329 e. The van der Waals surface area contributed by atoms with E-state index in [2.05, 4.69) is 6.58 Å². The molecule has 1 fully saturated rings. The second kappa shape index (κ2) is 3.18. The Morgan fingerprint density at radius 1 is 1.55 bits per heavy atom. The lowest BCUT2D eigenvalue weighted by Gasteiger charge is -2.23. The molecule has 0 aromatic carbocycles. The zero-order valence-electron chi connectivity index (χ0n) is 6.81. The molecule has 62 valence electrons. The quantitative estimate of drug-likeness (QED) is 0.620. The van der Waals surface area contributed by atoms with Gasteiger partial charge in [0, 0.05) is 12.0 Å². The van der Waals surface area contributed by atoms with Gasteiger partial charge in [-0.15, -0.1) is 0 Å². The Balaban J connectivity index is 2.73. The predicted molar refractivity (Wildman–Crippen MR) is 45.2 cm³/mol. The van der Waals surface area contributed by atoms with Gasteiger partial charge in [0.05, 0.1) is 0 Å². The molecule has 1 saturated carbocycles. The molecule has 1 aliphatic carbocycles. The van der Waals surface area contributed by atoms with E-state index in [4.69, 9.17) is 5.73 Å². The van der Waals surface area contributed by atoms with Crippen molar-refractivity contribution >= 4 is 5.78 Å². The van der Waals surface area contributed by atoms with Crippen LogP contribution < -0.4 is 5.73 Å². The first-order valence-electron chi connectivity index (χ1n) is 4.12. The molecule has 2 N–H and O–H groups in total. The van der Waals surface area contributed by atoms with E-state index in [1.165, 1.54) is 6.08 Å². The number of hydrogen-bond acceptors (Lipinski definition) is 2. The highest BCUT2D eigenvalue weighted by Gasteiger charge is 2.37. The fourth-order valence-electron chi connectivity index (χ4n) is 1.82. The highest BCUT2D eigenvalue weighted by molar-refractivity contribution is 5.94. The van der Waals surface area contributed by atoms with Gasteiger partial charge in [0.25, 0.3) is 0 Å². The van der Waals surface area contributed by atoms with Gasteiger partial charge in [-0.25, -0.2) is 0 Å². The lowest BCUT2D eigenvalue weighted by Crippen LogP contribution is -2.34. The Morgan fingerprint density at radius 3 is 2.45 bits per heavy atom. The summed E-state index contributed by atoms with van der Waals surface area (Å²) in [5, 5.41) is 0. The molecule has 0 aliphatic heterocycles. The summed E-state index contributed by atoms with van der Waals surface area (Å²) in [7, 11) is 0. The average Bonchev–Trinajstić information content (AvgIpc) is 2.52. The Morgan fingerprint density at radius 2 is 2.09 bits per heavy atom. The van der Waals surface area contributed by atoms with Gasteiger partial charge in [0.1, 0.15) is 0 Å². The maximum Gasteiger partial charge on any atom is 0.162 e. The third-order valence-electron chi connectivity index (χ3n) is 2.66. The van der Waals surface area contributed by atoms with Gasteiger partial charge < -0.3 is 5.73 Å². The minimum Gasteiger partial charge on any atom is -0.329 e.